The molecule has 0 aliphatic carbocycles. The minimum absolute atomic E-state index is 0.372. The van der Waals surface area contributed by atoms with Crippen LogP contribution in [0, 0.1) is 0 Å². The first-order chi connectivity index (χ1) is 8.69. The molecule has 18 heavy (non-hydrogen) atoms. The van der Waals surface area contributed by atoms with Crippen molar-refractivity contribution in [3.63, 3.8) is 0 Å². The highest BCUT2D eigenvalue weighted by atomic mass is 32.1. The van der Waals surface area contributed by atoms with Gasteiger partial charge in [-0.05, 0) is 12.1 Å². The molecule has 0 atom stereocenters. The van der Waals surface area contributed by atoms with Crippen molar-refractivity contribution in [2.45, 2.75) is 0 Å². The number of rotatable bonds is 8. The molecule has 5 nitrogen and oxygen atoms in total. The number of pyridine rings is 1. The summed E-state index contributed by atoms with van der Waals surface area (Å²) in [5, 5.41) is 0. The lowest BCUT2D eigenvalue weighted by Gasteiger charge is -2.23. The summed E-state index contributed by atoms with van der Waals surface area (Å²) in [7, 11) is 3.35. The summed E-state index contributed by atoms with van der Waals surface area (Å²) in [5.74, 6) is 0.828. The molecule has 2 N–H and O–H groups in total. The molecule has 0 saturated carbocycles. The van der Waals surface area contributed by atoms with E-state index < -0.39 is 0 Å². The predicted octanol–water partition coefficient (Wildman–Crippen LogP) is 0.815. The molecule has 0 aliphatic heterocycles. The molecule has 0 amide bonds. The van der Waals surface area contributed by atoms with Crippen LogP contribution >= 0.6 is 12.2 Å². The molecule has 0 bridgehead atoms. The maximum Gasteiger partial charge on any atom is 0.129 e. The monoisotopic (exact) mass is 269 g/mol. The van der Waals surface area contributed by atoms with Gasteiger partial charge in [0.25, 0.3) is 0 Å². The molecule has 1 rings (SSSR count). The van der Waals surface area contributed by atoms with Crippen molar-refractivity contribution < 1.29 is 9.47 Å². The van der Waals surface area contributed by atoms with Crippen LogP contribution in [-0.2, 0) is 9.47 Å². The molecule has 1 aromatic rings. The molecule has 0 aliphatic rings. The van der Waals surface area contributed by atoms with Crippen LogP contribution in [0.2, 0.25) is 0 Å². The van der Waals surface area contributed by atoms with E-state index >= 15 is 0 Å². The molecular weight excluding hydrogens is 250 g/mol. The predicted molar refractivity (Wildman–Crippen MR) is 76.1 cm³/mol. The maximum atomic E-state index is 5.62. The van der Waals surface area contributed by atoms with Gasteiger partial charge in [-0.1, -0.05) is 12.2 Å². The lowest BCUT2D eigenvalue weighted by Crippen LogP contribution is -2.31. The summed E-state index contributed by atoms with van der Waals surface area (Å²) >= 11 is 4.97. The van der Waals surface area contributed by atoms with E-state index in [9.17, 15) is 0 Å². The fourth-order valence-corrected chi connectivity index (χ4v) is 1.62. The Morgan fingerprint density at radius 3 is 2.44 bits per heavy atom. The molecule has 100 valence electrons. The van der Waals surface area contributed by atoms with Gasteiger partial charge in [0.05, 0.1) is 13.2 Å². The third-order valence-corrected chi connectivity index (χ3v) is 2.72. The zero-order chi connectivity index (χ0) is 13.4. The standard InChI is InChI=1S/C12H19N3O2S/c1-16-7-5-15(6-8-17-2)11-9-10(12(13)18)3-4-14-11/h3-4,9H,5-8H2,1-2H3,(H2,13,18). The lowest BCUT2D eigenvalue weighted by atomic mass is 10.2. The number of methoxy groups -OCH3 is 2. The molecule has 0 spiro atoms. The summed E-state index contributed by atoms with van der Waals surface area (Å²) in [4.78, 5) is 6.78. The Hall–Kier alpha value is -1.24. The average Bonchev–Trinajstić information content (AvgIpc) is 2.39. The summed E-state index contributed by atoms with van der Waals surface area (Å²) in [5.41, 5.74) is 6.43. The third kappa shape index (κ3) is 4.56. The summed E-state index contributed by atoms with van der Waals surface area (Å²) in [6, 6.07) is 3.68. The van der Waals surface area contributed by atoms with Crippen LogP contribution in [0.25, 0.3) is 0 Å². The highest BCUT2D eigenvalue weighted by Gasteiger charge is 2.09. The molecule has 0 saturated heterocycles. The Labute approximate surface area is 113 Å². The molecule has 0 radical (unpaired) electrons. The van der Waals surface area contributed by atoms with Gasteiger partial charge in [-0.2, -0.15) is 0 Å². The fraction of sp³-hybridized carbons (Fsp3) is 0.500. The van der Waals surface area contributed by atoms with E-state index in [2.05, 4.69) is 9.88 Å². The minimum Gasteiger partial charge on any atom is -0.389 e. The first-order valence-corrected chi connectivity index (χ1v) is 6.08. The van der Waals surface area contributed by atoms with E-state index in [1.807, 2.05) is 6.07 Å². The van der Waals surface area contributed by atoms with E-state index in [1.54, 1.807) is 26.5 Å². The van der Waals surface area contributed by atoms with Gasteiger partial charge in [0, 0.05) is 39.1 Å². The topological polar surface area (TPSA) is 60.6 Å². The van der Waals surface area contributed by atoms with Crippen LogP contribution in [0.1, 0.15) is 5.56 Å². The first-order valence-electron chi connectivity index (χ1n) is 5.67. The second kappa shape index (κ2) is 7.97. The minimum atomic E-state index is 0.372. The Morgan fingerprint density at radius 2 is 1.94 bits per heavy atom. The summed E-state index contributed by atoms with van der Waals surface area (Å²) in [6.07, 6.45) is 1.70. The lowest BCUT2D eigenvalue weighted by molar-refractivity contribution is 0.190. The molecule has 1 heterocycles. The van der Waals surface area contributed by atoms with Gasteiger partial charge in [-0.15, -0.1) is 0 Å². The van der Waals surface area contributed by atoms with E-state index in [4.69, 9.17) is 27.4 Å². The smallest absolute Gasteiger partial charge is 0.129 e. The van der Waals surface area contributed by atoms with Crippen LogP contribution in [0.5, 0.6) is 0 Å². The van der Waals surface area contributed by atoms with Gasteiger partial charge < -0.3 is 20.1 Å². The quantitative estimate of drug-likeness (QED) is 0.705. The highest BCUT2D eigenvalue weighted by molar-refractivity contribution is 7.80. The number of aromatic nitrogens is 1. The first kappa shape index (κ1) is 14.8. The summed E-state index contributed by atoms with van der Waals surface area (Å²) in [6.45, 7) is 2.74. The zero-order valence-electron chi connectivity index (χ0n) is 10.8. The Morgan fingerprint density at radius 1 is 1.33 bits per heavy atom. The molecule has 1 aromatic heterocycles. The second-order valence-corrected chi connectivity index (χ2v) is 4.18. The largest absolute Gasteiger partial charge is 0.389 e. The number of nitrogens with two attached hydrogens (primary N) is 1. The van der Waals surface area contributed by atoms with E-state index in [1.165, 1.54) is 0 Å². The average molecular weight is 269 g/mol. The Bertz CT molecular complexity index is 379. The van der Waals surface area contributed by atoms with Crippen LogP contribution in [0.15, 0.2) is 18.3 Å². The fourth-order valence-electron chi connectivity index (χ4n) is 1.49. The van der Waals surface area contributed by atoms with Crippen molar-refractivity contribution >= 4 is 23.0 Å². The van der Waals surface area contributed by atoms with Gasteiger partial charge in [0.1, 0.15) is 10.8 Å². The van der Waals surface area contributed by atoms with Crippen molar-refractivity contribution in [2.24, 2.45) is 5.73 Å². The summed E-state index contributed by atoms with van der Waals surface area (Å²) < 4.78 is 10.2. The number of nitrogens with zero attached hydrogens (tertiary/aromatic N) is 2. The molecule has 0 aromatic carbocycles. The van der Waals surface area contributed by atoms with Crippen LogP contribution in [0.3, 0.4) is 0 Å². The van der Waals surface area contributed by atoms with Crippen molar-refractivity contribution in [1.82, 2.24) is 4.98 Å². The number of hydrogen-bond acceptors (Lipinski definition) is 5. The third-order valence-electron chi connectivity index (χ3n) is 2.48. The number of ether oxygens (including phenoxy) is 2. The van der Waals surface area contributed by atoms with Gasteiger partial charge in [0.2, 0.25) is 0 Å². The second-order valence-electron chi connectivity index (χ2n) is 3.74. The van der Waals surface area contributed by atoms with Crippen LogP contribution in [0.4, 0.5) is 5.82 Å². The number of hydrogen-bond donors (Lipinski definition) is 1. The molecular formula is C12H19N3O2S. The normalized spacial score (nSPS) is 10.3. The van der Waals surface area contributed by atoms with Crippen molar-refractivity contribution in [3.8, 4) is 0 Å². The van der Waals surface area contributed by atoms with E-state index in [0.29, 0.717) is 18.2 Å². The van der Waals surface area contributed by atoms with Gasteiger partial charge in [-0.25, -0.2) is 4.98 Å². The van der Waals surface area contributed by atoms with Gasteiger partial charge in [-0.3, -0.25) is 0 Å². The number of anilines is 1. The Kier molecular flexibility index (Phi) is 6.56. The molecule has 0 unspecified atom stereocenters. The maximum absolute atomic E-state index is 5.62. The van der Waals surface area contributed by atoms with Gasteiger partial charge >= 0.3 is 0 Å². The van der Waals surface area contributed by atoms with Crippen LogP contribution in [-0.4, -0.2) is 50.5 Å². The van der Waals surface area contributed by atoms with Crippen molar-refractivity contribution in [3.05, 3.63) is 23.9 Å². The zero-order valence-corrected chi connectivity index (χ0v) is 11.6. The SMILES string of the molecule is COCCN(CCOC)c1cc(C(N)=S)ccn1. The van der Waals surface area contributed by atoms with Crippen molar-refractivity contribution in [1.29, 1.82) is 0 Å². The highest BCUT2D eigenvalue weighted by Crippen LogP contribution is 2.12. The van der Waals surface area contributed by atoms with E-state index in [-0.39, 0.29) is 0 Å². The number of thiocarbonyl (C=S) groups is 1. The van der Waals surface area contributed by atoms with Gasteiger partial charge in [0.15, 0.2) is 0 Å². The van der Waals surface area contributed by atoms with E-state index in [0.717, 1.165) is 24.5 Å². The molecule has 6 heteroatoms. The Balaban J connectivity index is 2.82. The molecule has 0 fully saturated rings. The van der Waals surface area contributed by atoms with Crippen LogP contribution < -0.4 is 10.6 Å². The van der Waals surface area contributed by atoms with Crippen molar-refractivity contribution in [2.75, 3.05) is 45.4 Å².